The fraction of sp³-hybridized carbons (Fsp3) is 0.784. The molecule has 0 amide bonds. The molecule has 1 aromatic rings. The van der Waals surface area contributed by atoms with E-state index in [4.69, 9.17) is 0 Å². The van der Waals surface area contributed by atoms with Crippen LogP contribution < -0.4 is 0 Å². The highest BCUT2D eigenvalue weighted by Crippen LogP contribution is 2.76. The van der Waals surface area contributed by atoms with Crippen LogP contribution in [0.3, 0.4) is 0 Å². The zero-order valence-electron chi connectivity index (χ0n) is 27.4. The molecule has 4 nitrogen and oxygen atoms in total. The molecule has 5 heteroatoms. The van der Waals surface area contributed by atoms with Crippen molar-refractivity contribution in [2.75, 3.05) is 0 Å². The summed E-state index contributed by atoms with van der Waals surface area (Å²) in [5.41, 5.74) is 0.286. The predicted molar refractivity (Wildman–Crippen MR) is 175 cm³/mol. The highest BCUT2D eigenvalue weighted by atomic mass is 79.9. The van der Waals surface area contributed by atoms with Gasteiger partial charge in [-0.3, -0.25) is 0 Å². The summed E-state index contributed by atoms with van der Waals surface area (Å²) in [5, 5.41) is 46.0. The quantitative estimate of drug-likeness (QED) is 0.252. The Kier molecular flexibility index (Phi) is 8.31. The first kappa shape index (κ1) is 32.7. The fourth-order valence-corrected chi connectivity index (χ4v) is 11.9. The van der Waals surface area contributed by atoms with Crippen LogP contribution in [0.15, 0.2) is 34.3 Å². The molecule has 4 saturated carbocycles. The second-order valence-electron chi connectivity index (χ2n) is 17.2. The van der Waals surface area contributed by atoms with E-state index in [2.05, 4.69) is 68.8 Å². The van der Waals surface area contributed by atoms with Gasteiger partial charge in [-0.05, 0) is 147 Å². The largest absolute Gasteiger partial charge is 0.393 e. The lowest BCUT2D eigenvalue weighted by atomic mass is 9.34. The van der Waals surface area contributed by atoms with Crippen LogP contribution in [-0.2, 0) is 0 Å². The SMILES string of the molecule is CC(C)(O)CCC[C@@](C)(O)[C@H]1CC[C@]2(C)[C@@H]1[C@H](O)C[C@@H]1[C@@]3(C)C/C(=C\c4cccc(Br)c4)[C@H](O)C(C)(C)[C@@H]3CC[C@]12C. The Bertz CT molecular complexity index is 1200. The summed E-state index contributed by atoms with van der Waals surface area (Å²) in [4.78, 5) is 0. The molecule has 4 aliphatic carbocycles. The molecule has 0 bridgehead atoms. The minimum atomic E-state index is -0.865. The normalized spacial score (nSPS) is 43.8. The van der Waals surface area contributed by atoms with E-state index in [1.165, 1.54) is 0 Å². The molecule has 0 unspecified atom stereocenters. The highest BCUT2D eigenvalue weighted by Gasteiger charge is 2.71. The van der Waals surface area contributed by atoms with Gasteiger partial charge in [0, 0.05) is 4.47 Å². The molecule has 0 aromatic heterocycles. The number of hydrogen-bond acceptors (Lipinski definition) is 4. The molecule has 4 fully saturated rings. The average Bonchev–Trinajstić information content (AvgIpc) is 3.24. The first-order valence-corrected chi connectivity index (χ1v) is 17.3. The molecule has 0 aliphatic heterocycles. The van der Waals surface area contributed by atoms with E-state index in [-0.39, 0.29) is 33.5 Å². The molecule has 5 rings (SSSR count). The third-order valence-corrected chi connectivity index (χ3v) is 14.2. The van der Waals surface area contributed by atoms with Gasteiger partial charge in [0.05, 0.1) is 23.4 Å². The van der Waals surface area contributed by atoms with Gasteiger partial charge in [0.25, 0.3) is 0 Å². The molecule has 0 radical (unpaired) electrons. The van der Waals surface area contributed by atoms with Gasteiger partial charge >= 0.3 is 0 Å². The van der Waals surface area contributed by atoms with Crippen LogP contribution in [0.2, 0.25) is 0 Å². The van der Waals surface area contributed by atoms with Crippen LogP contribution in [0.25, 0.3) is 6.08 Å². The minimum absolute atomic E-state index is 0.0410. The van der Waals surface area contributed by atoms with Crippen LogP contribution in [0.5, 0.6) is 0 Å². The van der Waals surface area contributed by atoms with Crippen molar-refractivity contribution in [1.82, 2.24) is 0 Å². The van der Waals surface area contributed by atoms with Gasteiger partial charge < -0.3 is 20.4 Å². The predicted octanol–water partition coefficient (Wildman–Crippen LogP) is 8.15. The Balaban J connectivity index is 1.48. The lowest BCUT2D eigenvalue weighted by Gasteiger charge is -2.70. The van der Waals surface area contributed by atoms with Gasteiger partial charge in [-0.2, -0.15) is 0 Å². The highest BCUT2D eigenvalue weighted by molar-refractivity contribution is 9.10. The van der Waals surface area contributed by atoms with E-state index in [9.17, 15) is 20.4 Å². The molecular formula is C37H57BrO4. The van der Waals surface area contributed by atoms with Crippen molar-refractivity contribution in [3.05, 3.63) is 39.9 Å². The zero-order valence-corrected chi connectivity index (χ0v) is 29.0. The van der Waals surface area contributed by atoms with Crippen molar-refractivity contribution < 1.29 is 20.4 Å². The van der Waals surface area contributed by atoms with Crippen LogP contribution in [0, 0.1) is 45.3 Å². The number of rotatable bonds is 6. The summed E-state index contributed by atoms with van der Waals surface area (Å²) in [6.07, 6.45) is 9.12. The van der Waals surface area contributed by atoms with Crippen LogP contribution in [0.4, 0.5) is 0 Å². The number of benzene rings is 1. The maximum Gasteiger partial charge on any atom is 0.0807 e. The summed E-state index contributed by atoms with van der Waals surface area (Å²) in [6, 6.07) is 8.31. The average molecular weight is 646 g/mol. The number of halogens is 1. The maximum atomic E-state index is 12.1. The molecule has 42 heavy (non-hydrogen) atoms. The summed E-state index contributed by atoms with van der Waals surface area (Å²) in [5.74, 6) is 0.818. The Morgan fingerprint density at radius 3 is 2.24 bits per heavy atom. The van der Waals surface area contributed by atoms with Gasteiger partial charge in [-0.25, -0.2) is 0 Å². The molecule has 236 valence electrons. The van der Waals surface area contributed by atoms with Crippen molar-refractivity contribution in [1.29, 1.82) is 0 Å². The second-order valence-corrected chi connectivity index (χ2v) is 18.1. The first-order valence-electron chi connectivity index (χ1n) is 16.5. The van der Waals surface area contributed by atoms with E-state index < -0.39 is 23.4 Å². The first-order chi connectivity index (χ1) is 19.3. The van der Waals surface area contributed by atoms with Crippen LogP contribution in [-0.4, -0.2) is 43.8 Å². The Hall–Kier alpha value is -0.720. The van der Waals surface area contributed by atoms with Crippen molar-refractivity contribution in [3.8, 4) is 0 Å². The van der Waals surface area contributed by atoms with Gasteiger partial charge in [-0.15, -0.1) is 0 Å². The molecule has 1 aromatic carbocycles. The standard InChI is InChI=1S/C37H57BrO4/c1-32(2,41)15-10-16-37(8,42)26-13-17-36(7)30(26)27(39)21-29-34(5)22-24(19-23-11-9-12-25(38)20-23)31(40)33(3,4)28(34)14-18-35(29,36)6/h9,11-12,19-20,26-31,39-42H,10,13-18,21-22H2,1-8H3/b24-19+/t26-,27+,28-,29+,30-,31-,34-,35+,36+,37+/m0/s1. The van der Waals surface area contributed by atoms with E-state index in [1.54, 1.807) is 0 Å². The molecule has 10 atom stereocenters. The Morgan fingerprint density at radius 1 is 0.929 bits per heavy atom. The molecule has 4 N–H and O–H groups in total. The zero-order chi connectivity index (χ0) is 31.1. The van der Waals surface area contributed by atoms with Crippen molar-refractivity contribution in [2.24, 2.45) is 45.3 Å². The Labute approximate surface area is 263 Å². The Morgan fingerprint density at radius 2 is 1.60 bits per heavy atom. The molecule has 4 aliphatic rings. The minimum Gasteiger partial charge on any atom is -0.393 e. The second kappa shape index (κ2) is 10.7. The number of hydrogen-bond donors (Lipinski definition) is 4. The van der Waals surface area contributed by atoms with E-state index in [1.807, 2.05) is 32.9 Å². The monoisotopic (exact) mass is 644 g/mol. The lowest BCUT2D eigenvalue weighted by molar-refractivity contribution is -0.238. The number of aliphatic hydroxyl groups is 4. The van der Waals surface area contributed by atoms with Gasteiger partial charge in [0.2, 0.25) is 0 Å². The smallest absolute Gasteiger partial charge is 0.0807 e. The third kappa shape index (κ3) is 5.19. The summed E-state index contributed by atoms with van der Waals surface area (Å²) in [6.45, 7) is 17.6. The molecule has 0 spiro atoms. The van der Waals surface area contributed by atoms with Crippen molar-refractivity contribution in [3.63, 3.8) is 0 Å². The number of aliphatic hydroxyl groups excluding tert-OH is 2. The third-order valence-electron chi connectivity index (χ3n) is 13.7. The van der Waals surface area contributed by atoms with E-state index in [0.29, 0.717) is 24.7 Å². The van der Waals surface area contributed by atoms with Crippen LogP contribution in [0.1, 0.15) is 119 Å². The van der Waals surface area contributed by atoms with Gasteiger partial charge in [0.1, 0.15) is 0 Å². The van der Waals surface area contributed by atoms with E-state index >= 15 is 0 Å². The van der Waals surface area contributed by atoms with Gasteiger partial charge in [-0.1, -0.05) is 68.8 Å². The van der Waals surface area contributed by atoms with Crippen molar-refractivity contribution >= 4 is 22.0 Å². The summed E-state index contributed by atoms with van der Waals surface area (Å²) < 4.78 is 1.04. The molecule has 0 saturated heterocycles. The van der Waals surface area contributed by atoms with Gasteiger partial charge in [0.15, 0.2) is 0 Å². The number of fused-ring (bicyclic) bond motifs is 5. The fourth-order valence-electron chi connectivity index (χ4n) is 11.5. The lowest BCUT2D eigenvalue weighted by Crippen LogP contribution is -2.66. The molecule has 0 heterocycles. The van der Waals surface area contributed by atoms with Crippen molar-refractivity contribution in [2.45, 2.75) is 137 Å². The van der Waals surface area contributed by atoms with E-state index in [0.717, 1.165) is 60.6 Å². The maximum absolute atomic E-state index is 12.1. The van der Waals surface area contributed by atoms with Crippen LogP contribution >= 0.6 is 15.9 Å². The molecular weight excluding hydrogens is 588 g/mol. The summed E-state index contributed by atoms with van der Waals surface area (Å²) >= 11 is 3.61. The topological polar surface area (TPSA) is 80.9 Å². The summed E-state index contributed by atoms with van der Waals surface area (Å²) in [7, 11) is 0.